The SMILES string of the molecule is Cc1ccc(OCC(=O)NNS(=O)(=O)c2ccc3c(c2)CCC(=O)N3)cc1. The molecule has 1 aliphatic rings. The van der Waals surface area contributed by atoms with Crippen LogP contribution in [0.3, 0.4) is 0 Å². The number of hydrogen-bond donors (Lipinski definition) is 3. The monoisotopic (exact) mass is 389 g/mol. The average Bonchev–Trinajstić information content (AvgIpc) is 2.65. The number of aryl methyl sites for hydroxylation is 2. The molecule has 27 heavy (non-hydrogen) atoms. The van der Waals surface area contributed by atoms with E-state index in [1.165, 1.54) is 18.2 Å². The van der Waals surface area contributed by atoms with Crippen molar-refractivity contribution in [2.75, 3.05) is 11.9 Å². The third-order valence-electron chi connectivity index (χ3n) is 4.00. The fraction of sp³-hybridized carbons (Fsp3) is 0.222. The number of sulfonamides is 1. The van der Waals surface area contributed by atoms with Crippen molar-refractivity contribution in [3.05, 3.63) is 53.6 Å². The van der Waals surface area contributed by atoms with E-state index < -0.39 is 15.9 Å². The molecule has 0 saturated heterocycles. The molecule has 0 bridgehead atoms. The molecule has 2 amide bonds. The number of hydrazine groups is 1. The van der Waals surface area contributed by atoms with Crippen molar-refractivity contribution in [2.45, 2.75) is 24.7 Å². The van der Waals surface area contributed by atoms with Crippen LogP contribution < -0.4 is 20.3 Å². The highest BCUT2D eigenvalue weighted by atomic mass is 32.2. The Morgan fingerprint density at radius 3 is 2.63 bits per heavy atom. The van der Waals surface area contributed by atoms with Crippen LogP contribution in [-0.2, 0) is 26.0 Å². The number of carbonyl (C=O) groups excluding carboxylic acids is 2. The molecule has 0 aromatic heterocycles. The van der Waals surface area contributed by atoms with E-state index in [2.05, 4.69) is 10.7 Å². The first-order valence-corrected chi connectivity index (χ1v) is 9.75. The predicted octanol–water partition coefficient (Wildman–Crippen LogP) is 1.27. The summed E-state index contributed by atoms with van der Waals surface area (Å²) in [6.45, 7) is 1.60. The lowest BCUT2D eigenvalue weighted by Gasteiger charge is -2.17. The molecule has 0 spiro atoms. The minimum Gasteiger partial charge on any atom is -0.484 e. The van der Waals surface area contributed by atoms with E-state index >= 15 is 0 Å². The van der Waals surface area contributed by atoms with Crippen LogP contribution in [0.5, 0.6) is 5.75 Å². The van der Waals surface area contributed by atoms with Crippen LogP contribution in [0, 0.1) is 6.92 Å². The van der Waals surface area contributed by atoms with Gasteiger partial charge in [0.2, 0.25) is 5.91 Å². The first-order chi connectivity index (χ1) is 12.8. The number of anilines is 1. The molecule has 0 fully saturated rings. The number of ether oxygens (including phenoxy) is 1. The molecule has 142 valence electrons. The van der Waals surface area contributed by atoms with Gasteiger partial charge in [0.1, 0.15) is 5.75 Å². The molecular weight excluding hydrogens is 370 g/mol. The van der Waals surface area contributed by atoms with Crippen molar-refractivity contribution in [3.63, 3.8) is 0 Å². The lowest BCUT2D eigenvalue weighted by Crippen LogP contribution is -2.43. The summed E-state index contributed by atoms with van der Waals surface area (Å²) < 4.78 is 30.0. The molecule has 3 N–H and O–H groups in total. The van der Waals surface area contributed by atoms with Crippen molar-refractivity contribution >= 4 is 27.5 Å². The van der Waals surface area contributed by atoms with Crippen LogP contribution in [-0.4, -0.2) is 26.8 Å². The van der Waals surface area contributed by atoms with Crippen molar-refractivity contribution in [1.82, 2.24) is 10.3 Å². The zero-order valence-electron chi connectivity index (χ0n) is 14.6. The lowest BCUT2D eigenvalue weighted by atomic mass is 10.0. The van der Waals surface area contributed by atoms with Crippen LogP contribution in [0.1, 0.15) is 17.5 Å². The van der Waals surface area contributed by atoms with Crippen molar-refractivity contribution in [2.24, 2.45) is 0 Å². The zero-order valence-corrected chi connectivity index (χ0v) is 15.4. The average molecular weight is 389 g/mol. The van der Waals surface area contributed by atoms with Crippen LogP contribution in [0.2, 0.25) is 0 Å². The van der Waals surface area contributed by atoms with Crippen LogP contribution >= 0.6 is 0 Å². The Morgan fingerprint density at radius 1 is 1.15 bits per heavy atom. The van der Waals surface area contributed by atoms with E-state index in [0.29, 0.717) is 24.3 Å². The summed E-state index contributed by atoms with van der Waals surface area (Å²) in [5.74, 6) is -0.225. The van der Waals surface area contributed by atoms with E-state index in [0.717, 1.165) is 11.1 Å². The summed E-state index contributed by atoms with van der Waals surface area (Å²) in [7, 11) is -3.94. The number of hydrogen-bond acceptors (Lipinski definition) is 5. The van der Waals surface area contributed by atoms with Gasteiger partial charge in [-0.15, -0.1) is 4.83 Å². The predicted molar refractivity (Wildman–Crippen MR) is 98.5 cm³/mol. The molecule has 2 aromatic rings. The molecule has 0 unspecified atom stereocenters. The van der Waals surface area contributed by atoms with Gasteiger partial charge in [-0.1, -0.05) is 17.7 Å². The lowest BCUT2D eigenvalue weighted by molar-refractivity contribution is -0.123. The topological polar surface area (TPSA) is 114 Å². The minimum atomic E-state index is -3.94. The van der Waals surface area contributed by atoms with Gasteiger partial charge >= 0.3 is 0 Å². The third kappa shape index (κ3) is 4.83. The van der Waals surface area contributed by atoms with Crippen LogP contribution in [0.4, 0.5) is 5.69 Å². The van der Waals surface area contributed by atoms with Gasteiger partial charge in [0, 0.05) is 12.1 Å². The molecule has 0 saturated carbocycles. The molecule has 3 rings (SSSR count). The summed E-state index contributed by atoms with van der Waals surface area (Å²) in [5, 5.41) is 2.68. The van der Waals surface area contributed by atoms with Crippen molar-refractivity contribution < 1.29 is 22.7 Å². The van der Waals surface area contributed by atoms with E-state index in [4.69, 9.17) is 4.74 Å². The summed E-state index contributed by atoms with van der Waals surface area (Å²) in [5.41, 5.74) is 4.50. The number of fused-ring (bicyclic) bond motifs is 1. The summed E-state index contributed by atoms with van der Waals surface area (Å²) in [4.78, 5) is 25.2. The number of benzene rings is 2. The first kappa shape index (κ1) is 18.9. The highest BCUT2D eigenvalue weighted by Gasteiger charge is 2.20. The Hall–Kier alpha value is -2.91. The normalized spacial score (nSPS) is 13.4. The van der Waals surface area contributed by atoms with Gasteiger partial charge in [0.25, 0.3) is 15.9 Å². The van der Waals surface area contributed by atoms with E-state index in [-0.39, 0.29) is 17.4 Å². The van der Waals surface area contributed by atoms with E-state index in [1.807, 2.05) is 23.9 Å². The Balaban J connectivity index is 1.57. The summed E-state index contributed by atoms with van der Waals surface area (Å²) >= 11 is 0. The molecule has 1 heterocycles. The summed E-state index contributed by atoms with van der Waals surface area (Å²) in [6, 6.07) is 11.5. The van der Waals surface area contributed by atoms with E-state index in [9.17, 15) is 18.0 Å². The first-order valence-electron chi connectivity index (χ1n) is 8.26. The van der Waals surface area contributed by atoms with Gasteiger partial charge in [-0.05, 0) is 49.2 Å². The van der Waals surface area contributed by atoms with E-state index in [1.54, 1.807) is 12.1 Å². The van der Waals surface area contributed by atoms with Gasteiger partial charge in [-0.3, -0.25) is 15.0 Å². The van der Waals surface area contributed by atoms with Gasteiger partial charge in [-0.25, -0.2) is 8.42 Å². The summed E-state index contributed by atoms with van der Waals surface area (Å²) in [6.07, 6.45) is 0.762. The zero-order chi connectivity index (χ0) is 19.4. The number of rotatable bonds is 6. The molecule has 1 aliphatic heterocycles. The molecule has 9 heteroatoms. The van der Waals surface area contributed by atoms with Crippen LogP contribution in [0.15, 0.2) is 47.4 Å². The van der Waals surface area contributed by atoms with Gasteiger partial charge in [-0.2, -0.15) is 0 Å². The second-order valence-electron chi connectivity index (χ2n) is 6.12. The Labute approximate surface area is 156 Å². The van der Waals surface area contributed by atoms with Crippen LogP contribution in [0.25, 0.3) is 0 Å². The molecular formula is C18H19N3O5S. The Kier molecular flexibility index (Phi) is 5.43. The quantitative estimate of drug-likeness (QED) is 0.644. The maximum atomic E-state index is 12.3. The number of amides is 2. The molecule has 0 radical (unpaired) electrons. The Morgan fingerprint density at radius 2 is 1.89 bits per heavy atom. The molecule has 0 atom stereocenters. The standard InChI is InChI=1S/C18H19N3O5S/c1-12-2-5-14(6-3-12)26-11-18(23)20-21-27(24,25)15-7-8-16-13(10-15)4-9-17(22)19-16/h2-3,5-8,10,21H,4,9,11H2,1H3,(H,19,22)(H,20,23). The fourth-order valence-corrected chi connectivity index (χ4v) is 3.44. The van der Waals surface area contributed by atoms with Crippen molar-refractivity contribution in [3.8, 4) is 5.75 Å². The second kappa shape index (κ2) is 7.77. The maximum Gasteiger partial charge on any atom is 0.272 e. The fourth-order valence-electron chi connectivity index (χ4n) is 2.53. The van der Waals surface area contributed by atoms with Gasteiger partial charge in [0.15, 0.2) is 6.61 Å². The van der Waals surface area contributed by atoms with Gasteiger partial charge in [0.05, 0.1) is 4.90 Å². The molecule has 0 aliphatic carbocycles. The van der Waals surface area contributed by atoms with Crippen molar-refractivity contribution in [1.29, 1.82) is 0 Å². The maximum absolute atomic E-state index is 12.3. The minimum absolute atomic E-state index is 0.00264. The molecule has 8 nitrogen and oxygen atoms in total. The number of nitrogens with one attached hydrogen (secondary N) is 3. The highest BCUT2D eigenvalue weighted by molar-refractivity contribution is 7.89. The number of carbonyl (C=O) groups is 2. The largest absolute Gasteiger partial charge is 0.484 e. The Bertz CT molecular complexity index is 971. The van der Waals surface area contributed by atoms with Gasteiger partial charge < -0.3 is 10.1 Å². The highest BCUT2D eigenvalue weighted by Crippen LogP contribution is 2.25. The second-order valence-corrected chi connectivity index (χ2v) is 7.80. The third-order valence-corrected chi connectivity index (χ3v) is 5.24. The molecule has 2 aromatic carbocycles. The smallest absolute Gasteiger partial charge is 0.272 e.